The molecule has 1 unspecified atom stereocenters. The van der Waals surface area contributed by atoms with Gasteiger partial charge in [-0.05, 0) is 22.9 Å². The standard InChI is InChI=1S/C9H15BrN2O2S/c1-2-14-9(13)3-4-11-5-8-12-7(10)6-15-8/h6,9,11,13H,2-5H2,1H3. The molecule has 86 valence electrons. The fraction of sp³-hybridized carbons (Fsp3) is 0.667. The molecule has 0 radical (unpaired) electrons. The summed E-state index contributed by atoms with van der Waals surface area (Å²) < 4.78 is 5.87. The Balaban J connectivity index is 2.06. The summed E-state index contributed by atoms with van der Waals surface area (Å²) in [5.74, 6) is 0. The molecule has 1 atom stereocenters. The normalized spacial score (nSPS) is 13.0. The summed E-state index contributed by atoms with van der Waals surface area (Å²) in [6.07, 6.45) is -0.0639. The molecule has 0 aliphatic carbocycles. The van der Waals surface area contributed by atoms with Gasteiger partial charge in [-0.2, -0.15) is 0 Å². The van der Waals surface area contributed by atoms with Crippen molar-refractivity contribution < 1.29 is 9.84 Å². The van der Waals surface area contributed by atoms with Crippen LogP contribution in [0.5, 0.6) is 0 Å². The average Bonchev–Trinajstić information content (AvgIpc) is 2.60. The molecule has 1 rings (SSSR count). The zero-order valence-corrected chi connectivity index (χ0v) is 11.0. The van der Waals surface area contributed by atoms with Crippen molar-refractivity contribution in [1.82, 2.24) is 10.3 Å². The predicted molar refractivity (Wildman–Crippen MR) is 63.8 cm³/mol. The van der Waals surface area contributed by atoms with Gasteiger partial charge in [0.05, 0.1) is 0 Å². The molecule has 1 heterocycles. The maximum absolute atomic E-state index is 9.27. The van der Waals surface area contributed by atoms with Gasteiger partial charge in [0.15, 0.2) is 6.29 Å². The van der Waals surface area contributed by atoms with Gasteiger partial charge in [-0.15, -0.1) is 11.3 Å². The van der Waals surface area contributed by atoms with Crippen LogP contribution in [0.1, 0.15) is 18.4 Å². The monoisotopic (exact) mass is 294 g/mol. The molecule has 0 saturated carbocycles. The molecular weight excluding hydrogens is 280 g/mol. The summed E-state index contributed by atoms with van der Waals surface area (Å²) in [7, 11) is 0. The number of nitrogens with one attached hydrogen (secondary N) is 1. The average molecular weight is 295 g/mol. The summed E-state index contributed by atoms with van der Waals surface area (Å²) in [5, 5.41) is 15.4. The second-order valence-electron chi connectivity index (χ2n) is 2.94. The summed E-state index contributed by atoms with van der Waals surface area (Å²) in [6, 6.07) is 0. The number of rotatable bonds is 7. The maximum atomic E-state index is 9.27. The van der Waals surface area contributed by atoms with E-state index in [9.17, 15) is 5.11 Å². The molecule has 4 nitrogen and oxygen atoms in total. The topological polar surface area (TPSA) is 54.4 Å². The summed E-state index contributed by atoms with van der Waals surface area (Å²) >= 11 is 4.90. The van der Waals surface area contributed by atoms with Gasteiger partial charge in [0.25, 0.3) is 0 Å². The number of aliphatic hydroxyl groups is 1. The van der Waals surface area contributed by atoms with Crippen LogP contribution in [0.4, 0.5) is 0 Å². The number of aromatic nitrogens is 1. The molecule has 0 fully saturated rings. The minimum atomic E-state index is -0.662. The molecule has 0 aliphatic rings. The van der Waals surface area contributed by atoms with Crippen molar-refractivity contribution in [2.75, 3.05) is 13.2 Å². The van der Waals surface area contributed by atoms with Crippen LogP contribution >= 0.6 is 27.3 Å². The molecule has 0 aliphatic heterocycles. The fourth-order valence-electron chi connectivity index (χ4n) is 1.07. The fourth-order valence-corrected chi connectivity index (χ4v) is 2.30. The lowest BCUT2D eigenvalue weighted by atomic mass is 10.4. The third-order valence-electron chi connectivity index (χ3n) is 1.73. The first-order chi connectivity index (χ1) is 7.22. The molecule has 0 bridgehead atoms. The smallest absolute Gasteiger partial charge is 0.155 e. The summed E-state index contributed by atoms with van der Waals surface area (Å²) in [5.41, 5.74) is 0. The SMILES string of the molecule is CCOC(O)CCNCc1nc(Br)cs1. The van der Waals surface area contributed by atoms with Crippen molar-refractivity contribution in [2.45, 2.75) is 26.2 Å². The van der Waals surface area contributed by atoms with E-state index in [0.29, 0.717) is 13.0 Å². The van der Waals surface area contributed by atoms with Gasteiger partial charge in [-0.25, -0.2) is 4.98 Å². The van der Waals surface area contributed by atoms with Crippen molar-refractivity contribution in [3.8, 4) is 0 Å². The zero-order valence-electron chi connectivity index (χ0n) is 8.57. The number of ether oxygens (including phenoxy) is 1. The lowest BCUT2D eigenvalue weighted by molar-refractivity contribution is -0.0976. The quantitative estimate of drug-likeness (QED) is 0.594. The number of hydrogen-bond acceptors (Lipinski definition) is 5. The Kier molecular flexibility index (Phi) is 6.35. The highest BCUT2D eigenvalue weighted by Gasteiger charge is 2.02. The first-order valence-corrected chi connectivity index (χ1v) is 6.50. The van der Waals surface area contributed by atoms with E-state index in [1.807, 2.05) is 12.3 Å². The highest BCUT2D eigenvalue weighted by molar-refractivity contribution is 9.10. The van der Waals surface area contributed by atoms with Gasteiger partial charge >= 0.3 is 0 Å². The molecule has 0 spiro atoms. The Morgan fingerprint density at radius 3 is 3.13 bits per heavy atom. The predicted octanol–water partition coefficient (Wildman–Crippen LogP) is 1.74. The number of thiazole rings is 1. The van der Waals surface area contributed by atoms with Crippen LogP contribution in [0.3, 0.4) is 0 Å². The summed E-state index contributed by atoms with van der Waals surface area (Å²) in [6.45, 7) is 3.86. The third-order valence-corrected chi connectivity index (χ3v) is 3.29. The lowest BCUT2D eigenvalue weighted by Gasteiger charge is -2.10. The highest BCUT2D eigenvalue weighted by Crippen LogP contribution is 2.14. The molecule has 0 amide bonds. The first-order valence-electron chi connectivity index (χ1n) is 4.82. The van der Waals surface area contributed by atoms with Crippen LogP contribution in [0.25, 0.3) is 0 Å². The minimum Gasteiger partial charge on any atom is -0.368 e. The van der Waals surface area contributed by atoms with E-state index in [4.69, 9.17) is 4.74 Å². The van der Waals surface area contributed by atoms with E-state index < -0.39 is 6.29 Å². The van der Waals surface area contributed by atoms with Crippen molar-refractivity contribution in [3.05, 3.63) is 15.0 Å². The Hall–Kier alpha value is -0.0100. The van der Waals surface area contributed by atoms with E-state index in [1.54, 1.807) is 11.3 Å². The molecule has 1 aromatic heterocycles. The van der Waals surface area contributed by atoms with Crippen molar-refractivity contribution >= 4 is 27.3 Å². The molecular formula is C9H15BrN2O2S. The molecule has 0 saturated heterocycles. The lowest BCUT2D eigenvalue weighted by Crippen LogP contribution is -2.21. The van der Waals surface area contributed by atoms with Gasteiger partial charge in [0, 0.05) is 31.5 Å². The summed E-state index contributed by atoms with van der Waals surface area (Å²) in [4.78, 5) is 4.24. The number of nitrogens with zero attached hydrogens (tertiary/aromatic N) is 1. The van der Waals surface area contributed by atoms with Gasteiger partial charge in [0.1, 0.15) is 9.61 Å². The molecule has 2 N–H and O–H groups in total. The number of hydrogen-bond donors (Lipinski definition) is 2. The second-order valence-corrected chi connectivity index (χ2v) is 4.69. The number of aliphatic hydroxyl groups excluding tert-OH is 1. The Morgan fingerprint density at radius 1 is 1.73 bits per heavy atom. The van der Waals surface area contributed by atoms with Gasteiger partial charge < -0.3 is 15.2 Å². The van der Waals surface area contributed by atoms with Gasteiger partial charge in [-0.3, -0.25) is 0 Å². The Labute approximate surface area is 102 Å². The molecule has 1 aromatic rings. The zero-order chi connectivity index (χ0) is 11.1. The van der Waals surface area contributed by atoms with E-state index in [0.717, 1.165) is 22.7 Å². The van der Waals surface area contributed by atoms with E-state index in [-0.39, 0.29) is 0 Å². The van der Waals surface area contributed by atoms with E-state index >= 15 is 0 Å². The maximum Gasteiger partial charge on any atom is 0.155 e. The number of halogens is 1. The van der Waals surface area contributed by atoms with Crippen LogP contribution in [-0.2, 0) is 11.3 Å². The molecule has 15 heavy (non-hydrogen) atoms. The van der Waals surface area contributed by atoms with Gasteiger partial charge in [-0.1, -0.05) is 0 Å². The third kappa shape index (κ3) is 5.58. The molecule has 0 aromatic carbocycles. The highest BCUT2D eigenvalue weighted by atomic mass is 79.9. The first kappa shape index (κ1) is 13.1. The van der Waals surface area contributed by atoms with Crippen LogP contribution in [0, 0.1) is 0 Å². The van der Waals surface area contributed by atoms with Crippen molar-refractivity contribution in [2.24, 2.45) is 0 Å². The Bertz CT molecular complexity index is 283. The van der Waals surface area contributed by atoms with Crippen LogP contribution in [0.15, 0.2) is 9.98 Å². The van der Waals surface area contributed by atoms with Crippen molar-refractivity contribution in [3.63, 3.8) is 0 Å². The van der Waals surface area contributed by atoms with Crippen LogP contribution in [0.2, 0.25) is 0 Å². The molecule has 6 heteroatoms. The van der Waals surface area contributed by atoms with Gasteiger partial charge in [0.2, 0.25) is 0 Å². The minimum absolute atomic E-state index is 0.542. The van der Waals surface area contributed by atoms with E-state index in [1.165, 1.54) is 0 Å². The Morgan fingerprint density at radius 2 is 2.53 bits per heavy atom. The van der Waals surface area contributed by atoms with Crippen LogP contribution < -0.4 is 5.32 Å². The van der Waals surface area contributed by atoms with E-state index in [2.05, 4.69) is 26.2 Å². The van der Waals surface area contributed by atoms with Crippen molar-refractivity contribution in [1.29, 1.82) is 0 Å². The largest absolute Gasteiger partial charge is 0.368 e. The second kappa shape index (κ2) is 7.29. The van der Waals surface area contributed by atoms with Crippen LogP contribution in [-0.4, -0.2) is 29.5 Å².